The molecule has 140 valence electrons. The minimum atomic E-state index is 0.0518. The number of amides is 1. The van der Waals surface area contributed by atoms with Crippen molar-refractivity contribution in [2.24, 2.45) is 0 Å². The van der Waals surface area contributed by atoms with E-state index < -0.39 is 0 Å². The molecule has 8 nitrogen and oxygen atoms in total. The van der Waals surface area contributed by atoms with Crippen LogP contribution in [0.25, 0.3) is 22.6 Å². The van der Waals surface area contributed by atoms with Gasteiger partial charge in [0.1, 0.15) is 0 Å². The van der Waals surface area contributed by atoms with Crippen LogP contribution in [0.2, 0.25) is 0 Å². The number of para-hydroxylation sites is 2. The van der Waals surface area contributed by atoms with Gasteiger partial charge in [-0.3, -0.25) is 4.79 Å². The molecular weight excluding hydrogens is 362 g/mol. The Kier molecular flexibility index (Phi) is 4.04. The van der Waals surface area contributed by atoms with Crippen molar-refractivity contribution < 1.29 is 4.79 Å². The summed E-state index contributed by atoms with van der Waals surface area (Å²) in [5.41, 5.74) is 2.18. The largest absolute Gasteiger partial charge is 0.353 e. The second-order valence-corrected chi connectivity index (χ2v) is 7.84. The molecule has 1 amide bonds. The van der Waals surface area contributed by atoms with Gasteiger partial charge in [0, 0.05) is 12.6 Å². The molecule has 3 heterocycles. The highest BCUT2D eigenvalue weighted by Gasteiger charge is 2.21. The third kappa shape index (κ3) is 2.68. The molecule has 9 heteroatoms. The number of hydrogen-bond acceptors (Lipinski definition) is 5. The van der Waals surface area contributed by atoms with E-state index in [0.29, 0.717) is 22.7 Å². The lowest BCUT2D eigenvalue weighted by Gasteiger charge is -2.10. The highest BCUT2D eigenvalue weighted by Crippen LogP contribution is 2.25. The third-order valence-electron chi connectivity index (χ3n) is 5.21. The van der Waals surface area contributed by atoms with Gasteiger partial charge >= 0.3 is 0 Å². The number of imidazole rings is 1. The molecule has 0 unspecified atom stereocenters. The van der Waals surface area contributed by atoms with E-state index in [1.165, 1.54) is 24.6 Å². The number of fused-ring (bicyclic) bond motifs is 5. The smallest absolute Gasteiger partial charge is 0.260 e. The lowest BCUT2D eigenvalue weighted by atomic mass is 10.2. The van der Waals surface area contributed by atoms with Crippen LogP contribution in [0.4, 0.5) is 0 Å². The molecule has 1 N–H and O–H groups in total. The number of nitrogens with zero attached hydrogens (tertiary/aromatic N) is 6. The van der Waals surface area contributed by atoms with E-state index >= 15 is 0 Å². The summed E-state index contributed by atoms with van der Waals surface area (Å²) in [5, 5.41) is 17.1. The molecule has 27 heavy (non-hydrogen) atoms. The van der Waals surface area contributed by atoms with Crippen molar-refractivity contribution in [2.75, 3.05) is 5.75 Å². The highest BCUT2D eigenvalue weighted by molar-refractivity contribution is 7.99. The van der Waals surface area contributed by atoms with E-state index in [0.717, 1.165) is 36.2 Å². The van der Waals surface area contributed by atoms with E-state index in [1.54, 1.807) is 4.52 Å². The average molecular weight is 383 g/mol. The lowest BCUT2D eigenvalue weighted by Crippen LogP contribution is -2.33. The number of nitrogens with one attached hydrogen (secondary N) is 1. The van der Waals surface area contributed by atoms with Crippen molar-refractivity contribution in [3.8, 4) is 0 Å². The molecule has 0 radical (unpaired) electrons. The molecule has 1 fully saturated rings. The number of benzene rings is 1. The summed E-state index contributed by atoms with van der Waals surface area (Å²) in [4.78, 5) is 12.2. The monoisotopic (exact) mass is 383 g/mol. The van der Waals surface area contributed by atoms with Crippen LogP contribution in [0, 0.1) is 0 Å². The van der Waals surface area contributed by atoms with Crippen LogP contribution in [-0.4, -0.2) is 46.5 Å². The van der Waals surface area contributed by atoms with Crippen molar-refractivity contribution in [2.45, 2.75) is 50.4 Å². The minimum absolute atomic E-state index is 0.0518. The molecular formula is C18H21N7OS. The third-order valence-corrected chi connectivity index (χ3v) is 6.13. The summed E-state index contributed by atoms with van der Waals surface area (Å²) in [5.74, 6) is 1.89. The standard InChI is InChI=1S/C18H21N7OS/c1-2-23-13-9-5-6-10-14(13)24-16-20-21-18(25(16)22-17(23)24)27-11-15(26)19-12-7-3-4-8-12/h5-6,9-10,12H,2-4,7-8,11H2,1H3,(H,19,26). The zero-order chi connectivity index (χ0) is 18.4. The lowest BCUT2D eigenvalue weighted by molar-refractivity contribution is -0.119. The molecule has 0 spiro atoms. The van der Waals surface area contributed by atoms with Gasteiger partial charge in [0.25, 0.3) is 5.78 Å². The van der Waals surface area contributed by atoms with E-state index in [4.69, 9.17) is 5.10 Å². The molecule has 5 rings (SSSR count). The number of rotatable bonds is 5. The van der Waals surface area contributed by atoms with Crippen LogP contribution in [0.1, 0.15) is 32.6 Å². The van der Waals surface area contributed by atoms with Gasteiger partial charge in [-0.05, 0) is 31.9 Å². The Morgan fingerprint density at radius 2 is 1.96 bits per heavy atom. The number of thioether (sulfide) groups is 1. The topological polar surface area (TPSA) is 81.5 Å². The van der Waals surface area contributed by atoms with Gasteiger partial charge in [-0.1, -0.05) is 36.7 Å². The molecule has 1 aliphatic carbocycles. The maximum atomic E-state index is 12.2. The van der Waals surface area contributed by atoms with E-state index in [1.807, 2.05) is 16.5 Å². The molecule has 0 aliphatic heterocycles. The maximum absolute atomic E-state index is 12.2. The van der Waals surface area contributed by atoms with Gasteiger partial charge in [-0.25, -0.2) is 4.40 Å². The van der Waals surface area contributed by atoms with Gasteiger partial charge in [0.2, 0.25) is 16.8 Å². The first kappa shape index (κ1) is 16.6. The average Bonchev–Trinajstić information content (AvgIpc) is 3.42. The quantitative estimate of drug-likeness (QED) is 0.536. The molecule has 0 atom stereocenters. The summed E-state index contributed by atoms with van der Waals surface area (Å²) < 4.78 is 5.92. The molecule has 1 aromatic carbocycles. The Balaban J connectivity index is 1.46. The van der Waals surface area contributed by atoms with Crippen LogP contribution >= 0.6 is 11.8 Å². The Morgan fingerprint density at radius 1 is 1.19 bits per heavy atom. The van der Waals surface area contributed by atoms with Crippen LogP contribution in [0.15, 0.2) is 29.4 Å². The predicted molar refractivity (Wildman–Crippen MR) is 104 cm³/mol. The van der Waals surface area contributed by atoms with Crippen LogP contribution in [0.5, 0.6) is 0 Å². The van der Waals surface area contributed by atoms with E-state index in [9.17, 15) is 4.79 Å². The summed E-state index contributed by atoms with van der Waals surface area (Å²) in [6, 6.07) is 8.52. The summed E-state index contributed by atoms with van der Waals surface area (Å²) in [6.45, 7) is 2.92. The molecule has 1 saturated carbocycles. The fourth-order valence-corrected chi connectivity index (χ4v) is 4.65. The predicted octanol–water partition coefficient (Wildman–Crippen LogP) is 2.50. The zero-order valence-corrected chi connectivity index (χ0v) is 15.9. The van der Waals surface area contributed by atoms with E-state index in [2.05, 4.69) is 39.1 Å². The van der Waals surface area contributed by atoms with Crippen molar-refractivity contribution in [1.29, 1.82) is 0 Å². The molecule has 3 aromatic heterocycles. The molecule has 4 aromatic rings. The first-order chi connectivity index (χ1) is 13.3. The molecule has 0 bridgehead atoms. The van der Waals surface area contributed by atoms with Gasteiger partial charge in [-0.2, -0.15) is 4.52 Å². The van der Waals surface area contributed by atoms with Crippen molar-refractivity contribution in [3.63, 3.8) is 0 Å². The number of aryl methyl sites for hydroxylation is 1. The van der Waals surface area contributed by atoms with Crippen molar-refractivity contribution in [3.05, 3.63) is 24.3 Å². The Hall–Kier alpha value is -2.55. The summed E-state index contributed by atoms with van der Waals surface area (Å²) in [7, 11) is 0. The molecule has 0 saturated heterocycles. The molecule has 1 aliphatic rings. The van der Waals surface area contributed by atoms with Gasteiger partial charge in [0.05, 0.1) is 16.8 Å². The van der Waals surface area contributed by atoms with Gasteiger partial charge in [0.15, 0.2) is 0 Å². The minimum Gasteiger partial charge on any atom is -0.353 e. The van der Waals surface area contributed by atoms with Crippen LogP contribution in [0.3, 0.4) is 0 Å². The van der Waals surface area contributed by atoms with Crippen molar-refractivity contribution in [1.82, 2.24) is 34.1 Å². The highest BCUT2D eigenvalue weighted by atomic mass is 32.2. The van der Waals surface area contributed by atoms with E-state index in [-0.39, 0.29) is 5.91 Å². The maximum Gasteiger partial charge on any atom is 0.260 e. The SMILES string of the molecule is CCn1c2ccccc2n2c1nn1c(SCC(=O)NC3CCCC3)nnc12. The van der Waals surface area contributed by atoms with Gasteiger partial charge in [-0.15, -0.1) is 15.3 Å². The number of aromatic nitrogens is 6. The Morgan fingerprint density at radius 3 is 2.74 bits per heavy atom. The van der Waals surface area contributed by atoms with Gasteiger partial charge < -0.3 is 9.88 Å². The van der Waals surface area contributed by atoms with Crippen LogP contribution < -0.4 is 5.32 Å². The Bertz CT molecular complexity index is 1140. The first-order valence-corrected chi connectivity index (χ1v) is 10.4. The van der Waals surface area contributed by atoms with Crippen molar-refractivity contribution >= 4 is 40.3 Å². The van der Waals surface area contributed by atoms with Crippen LogP contribution in [-0.2, 0) is 11.3 Å². The fourth-order valence-electron chi connectivity index (χ4n) is 3.96. The fraction of sp³-hybridized carbons (Fsp3) is 0.444. The number of carbonyl (C=O) groups is 1. The zero-order valence-electron chi connectivity index (χ0n) is 15.1. The summed E-state index contributed by atoms with van der Waals surface area (Å²) >= 11 is 1.38. The number of carbonyl (C=O) groups excluding carboxylic acids is 1. The Labute approximate surface area is 159 Å². The first-order valence-electron chi connectivity index (χ1n) is 9.39. The summed E-state index contributed by atoms with van der Waals surface area (Å²) in [6.07, 6.45) is 4.59. The number of hydrogen-bond donors (Lipinski definition) is 1. The second kappa shape index (κ2) is 6.56. The normalized spacial score (nSPS) is 15.4. The second-order valence-electron chi connectivity index (χ2n) is 6.90.